The molecule has 0 fully saturated rings. The second kappa shape index (κ2) is 5.88. The fourth-order valence-corrected chi connectivity index (χ4v) is 2.04. The lowest BCUT2D eigenvalue weighted by Gasteiger charge is -2.09. The molecular formula is C15H19N3O2. The fraction of sp³-hybridized carbons (Fsp3) is 0.333. The molecule has 0 aliphatic carbocycles. The summed E-state index contributed by atoms with van der Waals surface area (Å²) in [7, 11) is 5.86. The van der Waals surface area contributed by atoms with Crippen molar-refractivity contribution in [3.05, 3.63) is 41.6 Å². The average molecular weight is 273 g/mol. The molecule has 0 amide bonds. The molecule has 0 atom stereocenters. The first-order valence-electron chi connectivity index (χ1n) is 6.49. The summed E-state index contributed by atoms with van der Waals surface area (Å²) in [6.07, 6.45) is 0.999. The molecule has 0 saturated carbocycles. The van der Waals surface area contributed by atoms with E-state index >= 15 is 0 Å². The summed E-state index contributed by atoms with van der Waals surface area (Å²) < 4.78 is 1.60. The van der Waals surface area contributed by atoms with Crippen molar-refractivity contribution in [2.75, 3.05) is 20.6 Å². The molecule has 0 radical (unpaired) electrons. The van der Waals surface area contributed by atoms with Gasteiger partial charge in [0.15, 0.2) is 5.69 Å². The van der Waals surface area contributed by atoms with Gasteiger partial charge < -0.3 is 10.0 Å². The molecule has 5 heteroatoms. The normalized spacial score (nSPS) is 11.0. The van der Waals surface area contributed by atoms with Crippen LogP contribution >= 0.6 is 0 Å². The largest absolute Gasteiger partial charge is 0.476 e. The number of aryl methyl sites for hydroxylation is 1. The lowest BCUT2D eigenvalue weighted by Crippen LogP contribution is -2.14. The van der Waals surface area contributed by atoms with Gasteiger partial charge in [-0.15, -0.1) is 0 Å². The van der Waals surface area contributed by atoms with E-state index in [9.17, 15) is 4.79 Å². The van der Waals surface area contributed by atoms with Gasteiger partial charge in [0.05, 0.1) is 5.69 Å². The number of hydrogen-bond donors (Lipinski definition) is 1. The quantitative estimate of drug-likeness (QED) is 0.903. The number of rotatable bonds is 5. The first kappa shape index (κ1) is 14.3. The standard InChI is InChI=1S/C15H19N3O2/c1-17(2)9-8-11-4-6-12(7-5-11)14-10-13(15(19)20)16-18(14)3/h4-7,10H,8-9H2,1-3H3,(H,19,20). The lowest BCUT2D eigenvalue weighted by atomic mass is 10.1. The zero-order chi connectivity index (χ0) is 14.7. The van der Waals surface area contributed by atoms with Gasteiger partial charge in [0.25, 0.3) is 0 Å². The summed E-state index contributed by atoms with van der Waals surface area (Å²) in [5.41, 5.74) is 3.12. The van der Waals surface area contributed by atoms with Crippen LogP contribution in [-0.2, 0) is 13.5 Å². The summed E-state index contributed by atoms with van der Waals surface area (Å²) in [6, 6.07) is 9.76. The van der Waals surface area contributed by atoms with Crippen LogP contribution in [0.5, 0.6) is 0 Å². The van der Waals surface area contributed by atoms with Crippen molar-refractivity contribution in [3.8, 4) is 11.3 Å². The number of likely N-dealkylation sites (N-methyl/N-ethyl adjacent to an activating group) is 1. The minimum Gasteiger partial charge on any atom is -0.476 e. The number of nitrogens with zero attached hydrogens (tertiary/aromatic N) is 3. The highest BCUT2D eigenvalue weighted by molar-refractivity contribution is 5.87. The van der Waals surface area contributed by atoms with E-state index in [-0.39, 0.29) is 5.69 Å². The molecule has 0 bridgehead atoms. The maximum absolute atomic E-state index is 10.9. The van der Waals surface area contributed by atoms with E-state index in [0.29, 0.717) is 0 Å². The number of carboxylic acids is 1. The molecule has 1 N–H and O–H groups in total. The first-order valence-corrected chi connectivity index (χ1v) is 6.49. The molecule has 0 unspecified atom stereocenters. The summed E-state index contributed by atoms with van der Waals surface area (Å²) >= 11 is 0. The van der Waals surface area contributed by atoms with E-state index in [1.807, 2.05) is 12.1 Å². The number of aromatic carboxylic acids is 1. The Balaban J connectivity index is 2.19. The van der Waals surface area contributed by atoms with Crippen LogP contribution in [0.4, 0.5) is 0 Å². The molecule has 2 rings (SSSR count). The summed E-state index contributed by atoms with van der Waals surface area (Å²) in [6.45, 7) is 1.01. The van der Waals surface area contributed by atoms with Gasteiger partial charge in [0.1, 0.15) is 0 Å². The zero-order valence-electron chi connectivity index (χ0n) is 12.0. The van der Waals surface area contributed by atoms with Crippen LogP contribution in [0.1, 0.15) is 16.1 Å². The van der Waals surface area contributed by atoms with Crippen LogP contribution in [0, 0.1) is 0 Å². The van der Waals surface area contributed by atoms with Crippen LogP contribution in [0.2, 0.25) is 0 Å². The van der Waals surface area contributed by atoms with Crippen molar-refractivity contribution in [2.45, 2.75) is 6.42 Å². The monoisotopic (exact) mass is 273 g/mol. The summed E-state index contributed by atoms with van der Waals surface area (Å²) in [4.78, 5) is 13.1. The zero-order valence-corrected chi connectivity index (χ0v) is 12.0. The molecule has 0 aliphatic heterocycles. The third kappa shape index (κ3) is 3.24. The molecule has 0 spiro atoms. The molecule has 1 heterocycles. The van der Waals surface area contributed by atoms with Gasteiger partial charge in [-0.3, -0.25) is 4.68 Å². The topological polar surface area (TPSA) is 58.4 Å². The Labute approximate surface area is 118 Å². The smallest absolute Gasteiger partial charge is 0.356 e. The Morgan fingerprint density at radius 1 is 1.30 bits per heavy atom. The van der Waals surface area contributed by atoms with Crippen LogP contribution in [-0.4, -0.2) is 46.4 Å². The summed E-state index contributed by atoms with van der Waals surface area (Å²) in [5, 5.41) is 12.9. The third-order valence-electron chi connectivity index (χ3n) is 3.20. The molecule has 20 heavy (non-hydrogen) atoms. The average Bonchev–Trinajstić information content (AvgIpc) is 2.79. The van der Waals surface area contributed by atoms with Gasteiger partial charge in [-0.2, -0.15) is 5.10 Å². The Morgan fingerprint density at radius 3 is 2.45 bits per heavy atom. The SMILES string of the molecule is CN(C)CCc1ccc(-c2cc(C(=O)O)nn2C)cc1. The molecule has 0 saturated heterocycles. The number of carboxylic acid groups (broad SMARTS) is 1. The van der Waals surface area contributed by atoms with E-state index in [1.165, 1.54) is 5.56 Å². The highest BCUT2D eigenvalue weighted by Crippen LogP contribution is 2.20. The van der Waals surface area contributed by atoms with E-state index in [2.05, 4.69) is 36.2 Å². The van der Waals surface area contributed by atoms with E-state index in [4.69, 9.17) is 5.11 Å². The summed E-state index contributed by atoms with van der Waals surface area (Å²) in [5.74, 6) is -1.01. The van der Waals surface area contributed by atoms with Crippen LogP contribution in [0.25, 0.3) is 11.3 Å². The van der Waals surface area contributed by atoms with Crippen molar-refractivity contribution in [2.24, 2.45) is 7.05 Å². The van der Waals surface area contributed by atoms with Crippen LogP contribution in [0.3, 0.4) is 0 Å². The molecule has 0 aliphatic rings. The predicted molar refractivity (Wildman–Crippen MR) is 77.9 cm³/mol. The highest BCUT2D eigenvalue weighted by Gasteiger charge is 2.12. The molecule has 5 nitrogen and oxygen atoms in total. The lowest BCUT2D eigenvalue weighted by molar-refractivity contribution is 0.0689. The van der Waals surface area contributed by atoms with E-state index in [1.54, 1.807) is 17.8 Å². The molecular weight excluding hydrogens is 254 g/mol. The fourth-order valence-electron chi connectivity index (χ4n) is 2.04. The van der Waals surface area contributed by atoms with Crippen molar-refractivity contribution >= 4 is 5.97 Å². The van der Waals surface area contributed by atoms with Gasteiger partial charge in [-0.05, 0) is 37.7 Å². The van der Waals surface area contributed by atoms with Crippen LogP contribution in [0.15, 0.2) is 30.3 Å². The maximum Gasteiger partial charge on any atom is 0.356 e. The minimum absolute atomic E-state index is 0.0687. The van der Waals surface area contributed by atoms with Crippen molar-refractivity contribution in [1.82, 2.24) is 14.7 Å². The van der Waals surface area contributed by atoms with Crippen molar-refractivity contribution in [1.29, 1.82) is 0 Å². The van der Waals surface area contributed by atoms with Crippen molar-refractivity contribution in [3.63, 3.8) is 0 Å². The third-order valence-corrected chi connectivity index (χ3v) is 3.20. The van der Waals surface area contributed by atoms with Gasteiger partial charge in [-0.1, -0.05) is 24.3 Å². The van der Waals surface area contributed by atoms with E-state index < -0.39 is 5.97 Å². The number of aromatic nitrogens is 2. The highest BCUT2D eigenvalue weighted by atomic mass is 16.4. The first-order chi connectivity index (χ1) is 9.47. The minimum atomic E-state index is -1.01. The predicted octanol–water partition coefficient (Wildman–Crippen LogP) is 1.89. The molecule has 1 aromatic carbocycles. The van der Waals surface area contributed by atoms with E-state index in [0.717, 1.165) is 24.2 Å². The molecule has 2 aromatic rings. The second-order valence-electron chi connectivity index (χ2n) is 5.09. The van der Waals surface area contributed by atoms with Crippen molar-refractivity contribution < 1.29 is 9.90 Å². The van der Waals surface area contributed by atoms with Gasteiger partial charge in [0.2, 0.25) is 0 Å². The van der Waals surface area contributed by atoms with Gasteiger partial charge in [0, 0.05) is 13.6 Å². The Kier molecular flexibility index (Phi) is 4.20. The molecule has 106 valence electrons. The van der Waals surface area contributed by atoms with Gasteiger partial charge >= 0.3 is 5.97 Å². The van der Waals surface area contributed by atoms with Crippen LogP contribution < -0.4 is 0 Å². The molecule has 1 aromatic heterocycles. The Bertz CT molecular complexity index is 600. The number of carbonyl (C=O) groups is 1. The second-order valence-corrected chi connectivity index (χ2v) is 5.09. The number of hydrogen-bond acceptors (Lipinski definition) is 3. The van der Waals surface area contributed by atoms with Gasteiger partial charge in [-0.25, -0.2) is 4.79 Å². The number of benzene rings is 1. The Hall–Kier alpha value is -2.14. The maximum atomic E-state index is 10.9. The Morgan fingerprint density at radius 2 is 1.95 bits per heavy atom.